The second kappa shape index (κ2) is 8.64. The van der Waals surface area contributed by atoms with Crippen molar-refractivity contribution >= 4 is 11.9 Å². The van der Waals surface area contributed by atoms with Gasteiger partial charge in [0.05, 0.1) is 13.2 Å². The summed E-state index contributed by atoms with van der Waals surface area (Å²) in [6.07, 6.45) is 1.43. The Kier molecular flexibility index (Phi) is 6.55. The number of hydrogen-bond donors (Lipinski definition) is 2. The lowest BCUT2D eigenvalue weighted by Gasteiger charge is -2.20. The number of amides is 1. The smallest absolute Gasteiger partial charge is 0.320 e. The molecule has 0 radical (unpaired) electrons. The lowest BCUT2D eigenvalue weighted by atomic mass is 10.1. The number of hydrogen-bond acceptors (Lipinski definition) is 4. The molecule has 2 N–H and O–H groups in total. The molecule has 6 nitrogen and oxygen atoms in total. The molecular formula is C17H24N2O4. The topological polar surface area (TPSA) is 78.9 Å². The second-order valence-corrected chi connectivity index (χ2v) is 5.65. The van der Waals surface area contributed by atoms with Crippen LogP contribution in [-0.4, -0.2) is 47.6 Å². The normalized spacial score (nSPS) is 18.0. The van der Waals surface area contributed by atoms with Crippen LogP contribution >= 0.6 is 0 Å². The third-order valence-corrected chi connectivity index (χ3v) is 4.05. The molecule has 23 heavy (non-hydrogen) atoms. The molecule has 0 spiro atoms. The quantitative estimate of drug-likeness (QED) is 0.757. The minimum absolute atomic E-state index is 0.130. The molecule has 1 atom stereocenters. The van der Waals surface area contributed by atoms with Crippen molar-refractivity contribution in [3.05, 3.63) is 35.4 Å². The largest absolute Gasteiger partial charge is 0.480 e. The summed E-state index contributed by atoms with van der Waals surface area (Å²) < 4.78 is 5.43. The van der Waals surface area contributed by atoms with E-state index in [-0.39, 0.29) is 12.5 Å². The lowest BCUT2D eigenvalue weighted by Crippen LogP contribution is -2.42. The standard InChI is InChI=1S/C17H24N2O4/c1-2-23-12-14-7-4-3-6-13(14)10-18-16(20)11-19-9-5-8-15(19)17(21)22/h3-4,6-7,15H,2,5,8-12H2,1H3,(H,18,20)(H,21,22)/t15-/m0/s1. The first-order valence-corrected chi connectivity index (χ1v) is 8.00. The van der Waals surface area contributed by atoms with E-state index in [0.29, 0.717) is 32.7 Å². The van der Waals surface area contributed by atoms with Crippen LogP contribution in [0.1, 0.15) is 30.9 Å². The number of likely N-dealkylation sites (tertiary alicyclic amines) is 1. The van der Waals surface area contributed by atoms with Gasteiger partial charge in [-0.25, -0.2) is 0 Å². The molecule has 2 rings (SSSR count). The third-order valence-electron chi connectivity index (χ3n) is 4.05. The molecule has 1 aliphatic heterocycles. The first-order chi connectivity index (χ1) is 11.1. The molecule has 1 saturated heterocycles. The van der Waals surface area contributed by atoms with Gasteiger partial charge in [-0.1, -0.05) is 24.3 Å². The number of nitrogens with one attached hydrogen (secondary N) is 1. The van der Waals surface area contributed by atoms with Gasteiger partial charge in [-0.2, -0.15) is 0 Å². The fourth-order valence-electron chi connectivity index (χ4n) is 2.81. The van der Waals surface area contributed by atoms with Crippen LogP contribution < -0.4 is 5.32 Å². The summed E-state index contributed by atoms with van der Waals surface area (Å²) in [6.45, 7) is 4.32. The Bertz CT molecular complexity index is 547. The Balaban J connectivity index is 1.86. The number of carbonyl (C=O) groups excluding carboxylic acids is 1. The van der Waals surface area contributed by atoms with Gasteiger partial charge in [-0.15, -0.1) is 0 Å². The molecule has 1 aromatic carbocycles. The number of benzene rings is 1. The maximum absolute atomic E-state index is 12.1. The highest BCUT2D eigenvalue weighted by atomic mass is 16.5. The number of carboxylic acids is 1. The Morgan fingerprint density at radius 3 is 2.78 bits per heavy atom. The maximum atomic E-state index is 12.1. The molecule has 0 aliphatic carbocycles. The molecule has 126 valence electrons. The highest BCUT2D eigenvalue weighted by molar-refractivity contribution is 5.80. The average Bonchev–Trinajstić information content (AvgIpc) is 3.00. The molecule has 1 aromatic rings. The molecule has 1 fully saturated rings. The minimum Gasteiger partial charge on any atom is -0.480 e. The zero-order chi connectivity index (χ0) is 16.7. The van der Waals surface area contributed by atoms with Crippen LogP contribution in [0.25, 0.3) is 0 Å². The molecular weight excluding hydrogens is 296 g/mol. The van der Waals surface area contributed by atoms with E-state index in [2.05, 4.69) is 5.32 Å². The van der Waals surface area contributed by atoms with Crippen molar-refractivity contribution < 1.29 is 19.4 Å². The van der Waals surface area contributed by atoms with Crippen molar-refractivity contribution in [1.82, 2.24) is 10.2 Å². The van der Waals surface area contributed by atoms with E-state index in [0.717, 1.165) is 17.5 Å². The van der Waals surface area contributed by atoms with Crippen molar-refractivity contribution in [2.24, 2.45) is 0 Å². The summed E-state index contributed by atoms with van der Waals surface area (Å²) in [5.41, 5.74) is 2.07. The summed E-state index contributed by atoms with van der Waals surface area (Å²) in [5.74, 6) is -0.998. The van der Waals surface area contributed by atoms with Gasteiger partial charge in [0.15, 0.2) is 0 Å². The summed E-state index contributed by atoms with van der Waals surface area (Å²) in [6, 6.07) is 7.29. The number of carboxylic acid groups (broad SMARTS) is 1. The number of ether oxygens (including phenoxy) is 1. The van der Waals surface area contributed by atoms with Crippen molar-refractivity contribution in [3.8, 4) is 0 Å². The van der Waals surface area contributed by atoms with E-state index >= 15 is 0 Å². The van der Waals surface area contributed by atoms with Gasteiger partial charge in [0, 0.05) is 13.2 Å². The van der Waals surface area contributed by atoms with Crippen molar-refractivity contribution in [2.75, 3.05) is 19.7 Å². The third kappa shape index (κ3) is 5.04. The zero-order valence-corrected chi connectivity index (χ0v) is 13.5. The van der Waals surface area contributed by atoms with E-state index in [1.165, 1.54) is 0 Å². The van der Waals surface area contributed by atoms with Crippen molar-refractivity contribution in [1.29, 1.82) is 0 Å². The molecule has 6 heteroatoms. The predicted octanol–water partition coefficient (Wildman–Crippen LogP) is 1.39. The van der Waals surface area contributed by atoms with E-state index in [4.69, 9.17) is 9.84 Å². The Morgan fingerprint density at radius 2 is 2.09 bits per heavy atom. The van der Waals surface area contributed by atoms with Gasteiger partial charge in [0.25, 0.3) is 0 Å². The first-order valence-electron chi connectivity index (χ1n) is 8.00. The number of aliphatic carboxylic acids is 1. The highest BCUT2D eigenvalue weighted by Gasteiger charge is 2.31. The van der Waals surface area contributed by atoms with E-state index in [1.54, 1.807) is 4.90 Å². The lowest BCUT2D eigenvalue weighted by molar-refractivity contribution is -0.142. The fourth-order valence-corrected chi connectivity index (χ4v) is 2.81. The van der Waals surface area contributed by atoms with Gasteiger partial charge < -0.3 is 15.2 Å². The van der Waals surface area contributed by atoms with Crippen molar-refractivity contribution in [2.45, 2.75) is 39.0 Å². The predicted molar refractivity (Wildman–Crippen MR) is 85.8 cm³/mol. The average molecular weight is 320 g/mol. The monoisotopic (exact) mass is 320 g/mol. The molecule has 0 bridgehead atoms. The summed E-state index contributed by atoms with van der Waals surface area (Å²) in [4.78, 5) is 24.9. The van der Waals surface area contributed by atoms with Gasteiger partial charge in [-0.05, 0) is 37.4 Å². The van der Waals surface area contributed by atoms with Gasteiger partial charge in [0.2, 0.25) is 5.91 Å². The zero-order valence-electron chi connectivity index (χ0n) is 13.5. The molecule has 0 saturated carbocycles. The van der Waals surface area contributed by atoms with Crippen LogP contribution in [0.5, 0.6) is 0 Å². The summed E-state index contributed by atoms with van der Waals surface area (Å²) in [5, 5.41) is 12.0. The summed E-state index contributed by atoms with van der Waals surface area (Å²) in [7, 11) is 0. The van der Waals surface area contributed by atoms with Gasteiger partial charge in [0.1, 0.15) is 6.04 Å². The fraction of sp³-hybridized carbons (Fsp3) is 0.529. The van der Waals surface area contributed by atoms with Crippen molar-refractivity contribution in [3.63, 3.8) is 0 Å². The Labute approximate surface area is 136 Å². The van der Waals surface area contributed by atoms with Crippen LogP contribution in [0.15, 0.2) is 24.3 Å². The van der Waals surface area contributed by atoms with Crippen LogP contribution in [0, 0.1) is 0 Å². The second-order valence-electron chi connectivity index (χ2n) is 5.65. The maximum Gasteiger partial charge on any atom is 0.320 e. The minimum atomic E-state index is -0.850. The number of nitrogens with zero attached hydrogens (tertiary/aromatic N) is 1. The molecule has 1 heterocycles. The van der Waals surface area contributed by atoms with E-state index in [9.17, 15) is 9.59 Å². The molecule has 1 amide bonds. The van der Waals surface area contributed by atoms with E-state index < -0.39 is 12.0 Å². The van der Waals surface area contributed by atoms with Crippen LogP contribution in [0.2, 0.25) is 0 Å². The Morgan fingerprint density at radius 1 is 1.35 bits per heavy atom. The first kappa shape index (κ1) is 17.4. The SMILES string of the molecule is CCOCc1ccccc1CNC(=O)CN1CCC[C@H]1C(=O)O. The van der Waals surface area contributed by atoms with E-state index in [1.807, 2.05) is 31.2 Å². The van der Waals surface area contributed by atoms with Crippen LogP contribution in [0.4, 0.5) is 0 Å². The summed E-state index contributed by atoms with van der Waals surface area (Å²) >= 11 is 0. The molecule has 0 unspecified atom stereocenters. The van der Waals surface area contributed by atoms with Gasteiger partial charge in [-0.3, -0.25) is 14.5 Å². The highest BCUT2D eigenvalue weighted by Crippen LogP contribution is 2.16. The Hall–Kier alpha value is -1.92. The number of carbonyl (C=O) groups is 2. The molecule has 1 aliphatic rings. The van der Waals surface area contributed by atoms with Crippen LogP contribution in [0.3, 0.4) is 0 Å². The number of rotatable bonds is 8. The van der Waals surface area contributed by atoms with Crippen LogP contribution in [-0.2, 0) is 27.5 Å². The van der Waals surface area contributed by atoms with Gasteiger partial charge >= 0.3 is 5.97 Å². The molecule has 0 aromatic heterocycles.